The van der Waals surface area contributed by atoms with Gasteiger partial charge in [-0.1, -0.05) is 30.1 Å². The normalized spacial score (nSPS) is 25.5. The molecule has 2 amide bonds. The lowest BCUT2D eigenvalue weighted by Gasteiger charge is -2.58. The first kappa shape index (κ1) is 38.4. The van der Waals surface area contributed by atoms with E-state index in [2.05, 4.69) is 28.4 Å². The third-order valence-electron chi connectivity index (χ3n) is 9.81. The van der Waals surface area contributed by atoms with E-state index in [0.717, 1.165) is 47.4 Å². The molecule has 51 heavy (non-hydrogen) atoms. The molecule has 2 aromatic rings. The first-order valence-electron chi connectivity index (χ1n) is 17.9. The standard InChI is InChI=1S/C39H51N3O8S/c1-5-21-48-39-35(51-29-16-13-27(14-17-29)41-25(3)45)24-33(42-47-4)31-22-26(11-7-9-19-43)30(12-8-10-20-44)36(37(31)39)32-23-28(15-18-34(32)50-39)49-38(46)40-6-2/h5,13-18,22-23,26,30,35-37,43-44H,1,6-12,19-21,24H2,2-4H3,(H,40,46)(H,41,45). The number of nitrogens with zero attached hydrogens (tertiary/aromatic N) is 1. The number of unbranched alkanes of at least 4 members (excludes halogenated alkanes) is 2. The second kappa shape index (κ2) is 18.1. The number of anilines is 1. The number of ether oxygens (including phenoxy) is 3. The van der Waals surface area contributed by atoms with Crippen LogP contribution in [0.2, 0.25) is 0 Å². The Morgan fingerprint density at radius 1 is 1.10 bits per heavy atom. The summed E-state index contributed by atoms with van der Waals surface area (Å²) in [5.41, 5.74) is 3.46. The van der Waals surface area contributed by atoms with Crippen LogP contribution >= 0.6 is 11.8 Å². The van der Waals surface area contributed by atoms with Crippen molar-refractivity contribution >= 4 is 35.2 Å². The van der Waals surface area contributed by atoms with Crippen molar-refractivity contribution in [3.8, 4) is 11.5 Å². The van der Waals surface area contributed by atoms with Gasteiger partial charge >= 0.3 is 6.09 Å². The highest BCUT2D eigenvalue weighted by Gasteiger charge is 2.64. The molecule has 2 aromatic carbocycles. The molecule has 0 radical (unpaired) electrons. The molecule has 5 rings (SSSR count). The first-order valence-corrected chi connectivity index (χ1v) is 18.8. The average molecular weight is 722 g/mol. The molecule has 0 spiro atoms. The van der Waals surface area contributed by atoms with Crippen molar-refractivity contribution in [2.24, 2.45) is 22.9 Å². The Morgan fingerprint density at radius 2 is 1.84 bits per heavy atom. The number of allylic oxidation sites excluding steroid dienone is 1. The van der Waals surface area contributed by atoms with Gasteiger partial charge in [-0.2, -0.15) is 0 Å². The van der Waals surface area contributed by atoms with E-state index in [9.17, 15) is 19.8 Å². The largest absolute Gasteiger partial charge is 0.460 e. The molecule has 1 saturated carbocycles. The van der Waals surface area contributed by atoms with Crippen molar-refractivity contribution in [1.29, 1.82) is 0 Å². The number of rotatable bonds is 17. The second-order valence-electron chi connectivity index (χ2n) is 13.2. The van der Waals surface area contributed by atoms with Gasteiger partial charge in [0.05, 0.1) is 23.5 Å². The zero-order valence-electron chi connectivity index (χ0n) is 29.8. The highest BCUT2D eigenvalue weighted by Crippen LogP contribution is 2.63. The van der Waals surface area contributed by atoms with Crippen LogP contribution in [-0.2, 0) is 14.4 Å². The summed E-state index contributed by atoms with van der Waals surface area (Å²) in [6.07, 6.45) is 8.79. The average Bonchev–Trinajstić information content (AvgIpc) is 3.11. The number of fused-ring (bicyclic) bond motifs is 2. The fraction of sp³-hybridized carbons (Fsp3) is 0.513. The number of benzene rings is 2. The van der Waals surface area contributed by atoms with Crippen LogP contribution in [0.5, 0.6) is 11.5 Å². The second-order valence-corrected chi connectivity index (χ2v) is 14.4. The molecular weight excluding hydrogens is 671 g/mol. The number of oxime groups is 1. The summed E-state index contributed by atoms with van der Waals surface area (Å²) in [6.45, 7) is 8.21. The van der Waals surface area contributed by atoms with Crippen LogP contribution in [0.1, 0.15) is 70.3 Å². The van der Waals surface area contributed by atoms with Gasteiger partial charge in [0.1, 0.15) is 18.6 Å². The molecule has 3 aliphatic rings. The van der Waals surface area contributed by atoms with Crippen LogP contribution in [0, 0.1) is 17.8 Å². The van der Waals surface area contributed by atoms with Crippen LogP contribution in [0.3, 0.4) is 0 Å². The molecule has 2 aliphatic carbocycles. The molecule has 1 aliphatic heterocycles. The summed E-state index contributed by atoms with van der Waals surface area (Å²) >= 11 is 1.63. The summed E-state index contributed by atoms with van der Waals surface area (Å²) in [5.74, 6) is -0.435. The lowest BCUT2D eigenvalue weighted by atomic mass is 9.56. The molecule has 6 unspecified atom stereocenters. The van der Waals surface area contributed by atoms with Crippen molar-refractivity contribution in [3.63, 3.8) is 0 Å². The predicted molar refractivity (Wildman–Crippen MR) is 198 cm³/mol. The van der Waals surface area contributed by atoms with Crippen LogP contribution in [0.15, 0.2) is 76.8 Å². The molecule has 1 heterocycles. The van der Waals surface area contributed by atoms with Crippen molar-refractivity contribution < 1.29 is 38.9 Å². The Balaban J connectivity index is 1.70. The molecule has 6 atom stereocenters. The molecule has 12 heteroatoms. The molecule has 11 nitrogen and oxygen atoms in total. The first-order chi connectivity index (χ1) is 24.8. The zero-order chi connectivity index (χ0) is 36.4. The van der Waals surface area contributed by atoms with Gasteiger partial charge in [-0.15, -0.1) is 18.3 Å². The highest BCUT2D eigenvalue weighted by atomic mass is 32.2. The van der Waals surface area contributed by atoms with Gasteiger partial charge in [0.15, 0.2) is 0 Å². The maximum Gasteiger partial charge on any atom is 0.412 e. The maximum absolute atomic E-state index is 12.5. The van der Waals surface area contributed by atoms with Gasteiger partial charge in [0.2, 0.25) is 11.7 Å². The maximum atomic E-state index is 12.5. The third kappa shape index (κ3) is 8.80. The number of nitrogens with one attached hydrogen (secondary N) is 2. The summed E-state index contributed by atoms with van der Waals surface area (Å²) in [5, 5.41) is 29.3. The fourth-order valence-corrected chi connectivity index (χ4v) is 9.16. The molecule has 0 bridgehead atoms. The smallest absolute Gasteiger partial charge is 0.412 e. The van der Waals surface area contributed by atoms with Crippen LogP contribution in [0.25, 0.3) is 0 Å². The number of aliphatic hydroxyl groups is 2. The molecule has 0 saturated heterocycles. The molecule has 1 fully saturated rings. The molecule has 276 valence electrons. The summed E-state index contributed by atoms with van der Waals surface area (Å²) < 4.78 is 19.8. The van der Waals surface area contributed by atoms with Crippen molar-refractivity contribution in [1.82, 2.24) is 5.32 Å². The number of amides is 2. The van der Waals surface area contributed by atoms with E-state index in [4.69, 9.17) is 19.0 Å². The van der Waals surface area contributed by atoms with E-state index in [1.165, 1.54) is 6.92 Å². The van der Waals surface area contributed by atoms with E-state index in [1.54, 1.807) is 31.0 Å². The van der Waals surface area contributed by atoms with Gasteiger partial charge in [0.25, 0.3) is 0 Å². The number of carbonyl (C=O) groups is 2. The summed E-state index contributed by atoms with van der Waals surface area (Å²) in [4.78, 5) is 30.7. The number of thioether (sulfide) groups is 1. The van der Waals surface area contributed by atoms with E-state index in [0.29, 0.717) is 43.0 Å². The predicted octanol–water partition coefficient (Wildman–Crippen LogP) is 6.81. The lowest BCUT2D eigenvalue weighted by molar-refractivity contribution is -0.223. The van der Waals surface area contributed by atoms with E-state index >= 15 is 0 Å². The monoisotopic (exact) mass is 721 g/mol. The van der Waals surface area contributed by atoms with Crippen LogP contribution in [-0.4, -0.2) is 72.4 Å². The molecular formula is C39H51N3O8S. The highest BCUT2D eigenvalue weighted by molar-refractivity contribution is 8.00. The van der Waals surface area contributed by atoms with Gasteiger partial charge in [-0.05, 0) is 92.5 Å². The van der Waals surface area contributed by atoms with Crippen LogP contribution < -0.4 is 20.1 Å². The Hall–Kier alpha value is -3.84. The van der Waals surface area contributed by atoms with Gasteiger partial charge in [0, 0.05) is 55.2 Å². The number of hydrogen-bond acceptors (Lipinski definition) is 10. The van der Waals surface area contributed by atoms with Gasteiger partial charge in [-0.3, -0.25) is 4.79 Å². The quantitative estimate of drug-likeness (QED) is 0.0786. The topological polar surface area (TPSA) is 148 Å². The number of aliphatic hydroxyl groups excluding tert-OH is 2. The minimum atomic E-state index is -1.15. The van der Waals surface area contributed by atoms with Gasteiger partial charge in [-0.25, -0.2) is 4.79 Å². The third-order valence-corrected chi connectivity index (χ3v) is 11.1. The number of carbonyl (C=O) groups excluding carboxylic acids is 2. The van der Waals surface area contributed by atoms with Crippen molar-refractivity contribution in [2.45, 2.75) is 80.6 Å². The summed E-state index contributed by atoms with van der Waals surface area (Å²) in [6, 6.07) is 13.2. The Morgan fingerprint density at radius 3 is 2.51 bits per heavy atom. The zero-order valence-corrected chi connectivity index (χ0v) is 30.6. The minimum absolute atomic E-state index is 0.109. The molecule has 0 aromatic heterocycles. The lowest BCUT2D eigenvalue weighted by Crippen LogP contribution is -2.64. The van der Waals surface area contributed by atoms with Gasteiger partial charge < -0.3 is 39.9 Å². The Bertz CT molecular complexity index is 1580. The van der Waals surface area contributed by atoms with Crippen molar-refractivity contribution in [3.05, 3.63) is 72.3 Å². The minimum Gasteiger partial charge on any atom is -0.460 e. The van der Waals surface area contributed by atoms with Crippen molar-refractivity contribution in [2.75, 3.05) is 38.8 Å². The Kier molecular flexibility index (Phi) is 13.6. The fourth-order valence-electron chi connectivity index (χ4n) is 7.87. The Labute approximate surface area is 304 Å². The number of hydrogen-bond donors (Lipinski definition) is 4. The summed E-state index contributed by atoms with van der Waals surface area (Å²) in [7, 11) is 1.56. The van der Waals surface area contributed by atoms with E-state index < -0.39 is 11.9 Å². The molecule has 4 N–H and O–H groups in total. The SMILES string of the molecule is C=CCOC12Oc3ccc(OC(=O)NCC)cc3C3C(CCCCO)C(CCCCO)C=C(C(=NOC)CC1Sc1ccc(NC(C)=O)cc1)C32. The van der Waals surface area contributed by atoms with E-state index in [1.807, 2.05) is 43.3 Å². The van der Waals surface area contributed by atoms with Crippen LogP contribution in [0.4, 0.5) is 10.5 Å². The van der Waals surface area contributed by atoms with E-state index in [-0.39, 0.29) is 54.6 Å².